The van der Waals surface area contributed by atoms with Gasteiger partial charge in [-0.2, -0.15) is 4.98 Å². The number of halogens is 1. The number of rotatable bonds is 6. The monoisotopic (exact) mass is 313 g/mol. The molecule has 1 amide bonds. The largest absolute Gasteiger partial charge is 0.360 e. The summed E-state index contributed by atoms with van der Waals surface area (Å²) in [6, 6.07) is 0.380. The zero-order valence-electron chi connectivity index (χ0n) is 10.2. The van der Waals surface area contributed by atoms with Gasteiger partial charge in [0.15, 0.2) is 0 Å². The topological polar surface area (TPSA) is 78.9 Å². The first-order valence-corrected chi connectivity index (χ1v) is 6.78. The quantitative estimate of drug-likeness (QED) is 0.739. The van der Waals surface area contributed by atoms with Crippen LogP contribution in [0.4, 0.5) is 11.8 Å². The first-order chi connectivity index (χ1) is 8.69. The summed E-state index contributed by atoms with van der Waals surface area (Å²) in [4.78, 5) is 19.9. The number of hydrogen-bond donors (Lipinski definition) is 3. The number of carbonyl (C=O) groups excluding carboxylic acids is 1. The molecular formula is C11H16BrN5O. The normalized spacial score (nSPS) is 14.1. The Morgan fingerprint density at radius 3 is 2.94 bits per heavy atom. The highest BCUT2D eigenvalue weighted by Gasteiger charge is 2.23. The first kappa shape index (κ1) is 13.1. The van der Waals surface area contributed by atoms with E-state index < -0.39 is 0 Å². The number of aromatic nitrogens is 2. The molecule has 0 aliphatic heterocycles. The molecule has 1 aromatic heterocycles. The van der Waals surface area contributed by atoms with E-state index in [2.05, 4.69) is 41.8 Å². The summed E-state index contributed by atoms with van der Waals surface area (Å²) in [7, 11) is 0. The molecule has 1 saturated carbocycles. The zero-order valence-corrected chi connectivity index (χ0v) is 11.7. The average Bonchev–Trinajstić information content (AvgIpc) is 3.14. The highest BCUT2D eigenvalue weighted by Crippen LogP contribution is 2.20. The molecule has 0 spiro atoms. The molecule has 1 aliphatic carbocycles. The van der Waals surface area contributed by atoms with Crippen molar-refractivity contribution in [1.29, 1.82) is 0 Å². The second-order valence-electron chi connectivity index (χ2n) is 4.12. The molecule has 0 bridgehead atoms. The molecule has 0 radical (unpaired) electrons. The number of anilines is 2. The van der Waals surface area contributed by atoms with Crippen LogP contribution in [0.3, 0.4) is 0 Å². The number of nitrogens with one attached hydrogen (secondary N) is 3. The molecule has 0 atom stereocenters. The van der Waals surface area contributed by atoms with Crippen LogP contribution in [-0.2, 0) is 4.79 Å². The molecule has 18 heavy (non-hydrogen) atoms. The smallest absolute Gasteiger partial charge is 0.239 e. The van der Waals surface area contributed by atoms with Crippen LogP contribution in [-0.4, -0.2) is 35.0 Å². The van der Waals surface area contributed by atoms with Crippen molar-refractivity contribution < 1.29 is 4.79 Å². The molecule has 1 aliphatic rings. The average molecular weight is 314 g/mol. The van der Waals surface area contributed by atoms with Crippen LogP contribution in [0.15, 0.2) is 10.7 Å². The summed E-state index contributed by atoms with van der Waals surface area (Å²) in [5, 5.41) is 8.92. The maximum Gasteiger partial charge on any atom is 0.239 e. The van der Waals surface area contributed by atoms with E-state index in [0.29, 0.717) is 17.8 Å². The van der Waals surface area contributed by atoms with Crippen LogP contribution < -0.4 is 16.0 Å². The molecule has 1 fully saturated rings. The van der Waals surface area contributed by atoms with E-state index in [1.165, 1.54) is 0 Å². The molecule has 1 heterocycles. The molecule has 6 nitrogen and oxygen atoms in total. The lowest BCUT2D eigenvalue weighted by Crippen LogP contribution is -2.31. The third-order valence-electron chi connectivity index (χ3n) is 2.44. The summed E-state index contributed by atoms with van der Waals surface area (Å²) < 4.78 is 0.739. The Morgan fingerprint density at radius 2 is 2.28 bits per heavy atom. The van der Waals surface area contributed by atoms with E-state index >= 15 is 0 Å². The predicted molar refractivity (Wildman–Crippen MR) is 73.6 cm³/mol. The van der Waals surface area contributed by atoms with Crippen molar-refractivity contribution in [3.05, 3.63) is 10.7 Å². The maximum atomic E-state index is 11.5. The summed E-state index contributed by atoms with van der Waals surface area (Å²) >= 11 is 3.35. The van der Waals surface area contributed by atoms with Gasteiger partial charge in [-0.15, -0.1) is 0 Å². The van der Waals surface area contributed by atoms with Crippen molar-refractivity contribution in [2.45, 2.75) is 25.8 Å². The van der Waals surface area contributed by atoms with Crippen LogP contribution in [0.5, 0.6) is 0 Å². The fourth-order valence-corrected chi connectivity index (χ4v) is 1.74. The number of carbonyl (C=O) groups is 1. The molecule has 0 saturated heterocycles. The van der Waals surface area contributed by atoms with Crippen LogP contribution in [0.1, 0.15) is 19.8 Å². The van der Waals surface area contributed by atoms with Gasteiger partial charge in [-0.1, -0.05) is 0 Å². The molecular weight excluding hydrogens is 298 g/mol. The van der Waals surface area contributed by atoms with E-state index in [1.807, 2.05) is 6.92 Å². The van der Waals surface area contributed by atoms with Crippen LogP contribution in [0.25, 0.3) is 0 Å². The molecule has 0 unspecified atom stereocenters. The van der Waals surface area contributed by atoms with Gasteiger partial charge in [0.25, 0.3) is 0 Å². The Labute approximate surface area is 114 Å². The van der Waals surface area contributed by atoms with Gasteiger partial charge in [-0.3, -0.25) is 4.79 Å². The highest BCUT2D eigenvalue weighted by atomic mass is 79.9. The summed E-state index contributed by atoms with van der Waals surface area (Å²) in [6.07, 6.45) is 3.84. The summed E-state index contributed by atoms with van der Waals surface area (Å²) in [5.41, 5.74) is 0. The third-order valence-corrected chi connectivity index (χ3v) is 3.02. The van der Waals surface area contributed by atoms with Crippen molar-refractivity contribution in [2.24, 2.45) is 0 Å². The summed E-state index contributed by atoms with van der Waals surface area (Å²) in [6.45, 7) is 2.95. The van der Waals surface area contributed by atoms with E-state index in [1.54, 1.807) is 6.20 Å². The van der Waals surface area contributed by atoms with Gasteiger partial charge in [0, 0.05) is 18.8 Å². The molecule has 2 rings (SSSR count). The Hall–Kier alpha value is -1.37. The second-order valence-corrected chi connectivity index (χ2v) is 4.97. The van der Waals surface area contributed by atoms with Gasteiger partial charge in [0.2, 0.25) is 11.9 Å². The Kier molecular flexibility index (Phi) is 4.35. The van der Waals surface area contributed by atoms with E-state index in [-0.39, 0.29) is 12.5 Å². The fraction of sp³-hybridized carbons (Fsp3) is 0.545. The van der Waals surface area contributed by atoms with Crippen molar-refractivity contribution in [2.75, 3.05) is 23.7 Å². The molecule has 1 aromatic rings. The third kappa shape index (κ3) is 3.83. The van der Waals surface area contributed by atoms with Crippen LogP contribution in [0.2, 0.25) is 0 Å². The minimum absolute atomic E-state index is 0.00647. The van der Waals surface area contributed by atoms with Crippen molar-refractivity contribution >= 4 is 33.6 Å². The van der Waals surface area contributed by atoms with Gasteiger partial charge in [0.05, 0.1) is 11.0 Å². The lowest BCUT2D eigenvalue weighted by Gasteiger charge is -2.09. The lowest BCUT2D eigenvalue weighted by atomic mass is 10.5. The van der Waals surface area contributed by atoms with E-state index in [4.69, 9.17) is 0 Å². The van der Waals surface area contributed by atoms with E-state index in [9.17, 15) is 4.79 Å². The van der Waals surface area contributed by atoms with Crippen molar-refractivity contribution in [1.82, 2.24) is 15.3 Å². The van der Waals surface area contributed by atoms with Crippen molar-refractivity contribution in [3.63, 3.8) is 0 Å². The van der Waals surface area contributed by atoms with Gasteiger partial charge in [-0.25, -0.2) is 4.98 Å². The van der Waals surface area contributed by atoms with Gasteiger partial charge >= 0.3 is 0 Å². The highest BCUT2D eigenvalue weighted by molar-refractivity contribution is 9.10. The number of hydrogen-bond acceptors (Lipinski definition) is 5. The SMILES string of the molecule is CCNc1ncc(Br)c(NCC(=O)NC2CC2)n1. The number of amides is 1. The minimum atomic E-state index is -0.00647. The Morgan fingerprint density at radius 1 is 1.50 bits per heavy atom. The lowest BCUT2D eigenvalue weighted by molar-refractivity contribution is -0.119. The Bertz CT molecular complexity index is 435. The van der Waals surface area contributed by atoms with Gasteiger partial charge in [-0.05, 0) is 35.7 Å². The fourth-order valence-electron chi connectivity index (χ4n) is 1.40. The first-order valence-electron chi connectivity index (χ1n) is 5.98. The molecule has 3 N–H and O–H groups in total. The predicted octanol–water partition coefficient (Wildman–Crippen LogP) is 1.36. The molecule has 0 aromatic carbocycles. The second kappa shape index (κ2) is 5.99. The Balaban J connectivity index is 1.90. The number of nitrogens with zero attached hydrogens (tertiary/aromatic N) is 2. The standard InChI is InChI=1S/C11H16BrN5O/c1-2-13-11-15-5-8(12)10(17-11)14-6-9(18)16-7-3-4-7/h5,7H,2-4,6H2,1H3,(H,16,18)(H2,13,14,15,17). The van der Waals surface area contributed by atoms with E-state index in [0.717, 1.165) is 23.9 Å². The molecule has 98 valence electrons. The van der Waals surface area contributed by atoms with Crippen molar-refractivity contribution in [3.8, 4) is 0 Å². The summed E-state index contributed by atoms with van der Waals surface area (Å²) in [5.74, 6) is 1.16. The van der Waals surface area contributed by atoms with Gasteiger partial charge < -0.3 is 16.0 Å². The zero-order chi connectivity index (χ0) is 13.0. The van der Waals surface area contributed by atoms with Crippen LogP contribution in [0, 0.1) is 0 Å². The minimum Gasteiger partial charge on any atom is -0.360 e. The van der Waals surface area contributed by atoms with Crippen LogP contribution >= 0.6 is 15.9 Å². The molecule has 7 heteroatoms. The van der Waals surface area contributed by atoms with Gasteiger partial charge in [0.1, 0.15) is 5.82 Å². The maximum absolute atomic E-state index is 11.5.